The summed E-state index contributed by atoms with van der Waals surface area (Å²) in [4.78, 5) is 16.1. The fraction of sp³-hybridized carbons (Fsp3) is 0.971. The van der Waals surface area contributed by atoms with Crippen LogP contribution in [0, 0.1) is 5.92 Å². The number of hydrogen-bond donors (Lipinski definition) is 1. The highest BCUT2D eigenvalue weighted by atomic mass is 16.1. The summed E-state index contributed by atoms with van der Waals surface area (Å²) in [5, 5.41) is 3.52. The largest absolute Gasteiger partial charge is 0.353 e. The maximum absolute atomic E-state index is 13.3. The van der Waals surface area contributed by atoms with Gasteiger partial charge in [-0.25, -0.2) is 0 Å². The summed E-state index contributed by atoms with van der Waals surface area (Å²) < 4.78 is 0. The summed E-state index contributed by atoms with van der Waals surface area (Å²) in [6.45, 7) is 11.5. The van der Waals surface area contributed by atoms with Crippen molar-refractivity contribution in [2.75, 3.05) is 13.1 Å². The molecule has 0 aromatic heterocycles. The number of carbonyl (C=O) groups excluding carboxylic acids is 1. The third-order valence-corrected chi connectivity index (χ3v) is 8.86. The molecule has 1 fully saturated rings. The van der Waals surface area contributed by atoms with Gasteiger partial charge in [0.1, 0.15) is 0 Å². The Bertz CT molecular complexity index is 486. The van der Waals surface area contributed by atoms with Gasteiger partial charge < -0.3 is 10.2 Å². The molecule has 0 aliphatic carbocycles. The molecular weight excluding hydrogens is 452 g/mol. The van der Waals surface area contributed by atoms with Crippen LogP contribution >= 0.6 is 0 Å². The molecule has 0 aromatic rings. The molecule has 1 heterocycles. The van der Waals surface area contributed by atoms with Gasteiger partial charge in [-0.05, 0) is 38.5 Å². The standard InChI is InChI=1S/C34H68N2O/c1-5-9-13-16-20-24-31(23-19-12-8-4)34(37)35-32-27-29-36(30-28-32)33(25-21-17-14-10-6-2)26-22-18-15-11-7-3/h31-33H,5-30H2,1-4H3,(H,35,37). The Morgan fingerprint density at radius 1 is 0.595 bits per heavy atom. The molecular formula is C34H68N2O. The minimum absolute atomic E-state index is 0.241. The van der Waals surface area contributed by atoms with Crippen LogP contribution in [-0.2, 0) is 4.79 Å². The number of nitrogens with one attached hydrogen (secondary N) is 1. The fourth-order valence-corrected chi connectivity index (χ4v) is 6.25. The molecule has 1 atom stereocenters. The zero-order valence-electron chi connectivity index (χ0n) is 26.0. The van der Waals surface area contributed by atoms with E-state index in [4.69, 9.17) is 0 Å². The van der Waals surface area contributed by atoms with Crippen LogP contribution in [0.2, 0.25) is 0 Å². The molecule has 1 N–H and O–H groups in total. The molecule has 3 nitrogen and oxygen atoms in total. The highest BCUT2D eigenvalue weighted by Gasteiger charge is 2.27. The Morgan fingerprint density at radius 2 is 0.973 bits per heavy atom. The van der Waals surface area contributed by atoms with Crippen molar-refractivity contribution in [3.8, 4) is 0 Å². The van der Waals surface area contributed by atoms with Crippen LogP contribution in [0.3, 0.4) is 0 Å². The van der Waals surface area contributed by atoms with Gasteiger partial charge in [-0.1, -0.05) is 143 Å². The molecule has 0 radical (unpaired) electrons. The lowest BCUT2D eigenvalue weighted by atomic mass is 9.92. The van der Waals surface area contributed by atoms with Crippen molar-refractivity contribution < 1.29 is 4.79 Å². The number of piperidine rings is 1. The number of carbonyl (C=O) groups is 1. The van der Waals surface area contributed by atoms with Gasteiger partial charge in [0.05, 0.1) is 0 Å². The molecule has 0 spiro atoms. The first-order valence-electron chi connectivity index (χ1n) is 17.2. The van der Waals surface area contributed by atoms with Gasteiger partial charge in [0.15, 0.2) is 0 Å². The van der Waals surface area contributed by atoms with Crippen LogP contribution in [-0.4, -0.2) is 36.0 Å². The van der Waals surface area contributed by atoms with E-state index >= 15 is 0 Å². The molecule has 1 unspecified atom stereocenters. The van der Waals surface area contributed by atoms with E-state index in [-0.39, 0.29) is 5.92 Å². The molecule has 37 heavy (non-hydrogen) atoms. The van der Waals surface area contributed by atoms with Crippen molar-refractivity contribution in [1.82, 2.24) is 10.2 Å². The number of likely N-dealkylation sites (tertiary alicyclic amines) is 1. The average molecular weight is 521 g/mol. The number of nitrogens with zero attached hydrogens (tertiary/aromatic N) is 1. The summed E-state index contributed by atoms with van der Waals surface area (Å²) >= 11 is 0. The molecule has 1 saturated heterocycles. The highest BCUT2D eigenvalue weighted by molar-refractivity contribution is 5.78. The van der Waals surface area contributed by atoms with Crippen molar-refractivity contribution in [1.29, 1.82) is 0 Å². The van der Waals surface area contributed by atoms with Crippen molar-refractivity contribution in [2.24, 2.45) is 5.92 Å². The van der Waals surface area contributed by atoms with Crippen LogP contribution in [0.15, 0.2) is 0 Å². The van der Waals surface area contributed by atoms with Gasteiger partial charge in [-0.3, -0.25) is 4.79 Å². The molecule has 1 aliphatic rings. The number of unbranched alkanes of at least 4 members (excludes halogenated alkanes) is 14. The summed E-state index contributed by atoms with van der Waals surface area (Å²) in [5.41, 5.74) is 0. The van der Waals surface area contributed by atoms with Crippen LogP contribution in [0.25, 0.3) is 0 Å². The number of rotatable bonds is 25. The van der Waals surface area contributed by atoms with Gasteiger partial charge in [0, 0.05) is 31.1 Å². The van der Waals surface area contributed by atoms with Crippen molar-refractivity contribution in [2.45, 2.75) is 194 Å². The first-order chi connectivity index (χ1) is 18.2. The monoisotopic (exact) mass is 521 g/mol. The topological polar surface area (TPSA) is 32.3 Å². The van der Waals surface area contributed by atoms with Gasteiger partial charge in [-0.2, -0.15) is 0 Å². The fourth-order valence-electron chi connectivity index (χ4n) is 6.25. The Hall–Kier alpha value is -0.570. The molecule has 1 amide bonds. The molecule has 220 valence electrons. The lowest BCUT2D eigenvalue weighted by Crippen LogP contribution is -2.49. The lowest BCUT2D eigenvalue weighted by Gasteiger charge is -2.38. The van der Waals surface area contributed by atoms with E-state index in [1.165, 1.54) is 142 Å². The van der Waals surface area contributed by atoms with E-state index < -0.39 is 0 Å². The molecule has 1 aliphatic heterocycles. The van der Waals surface area contributed by atoms with Crippen molar-refractivity contribution in [3.63, 3.8) is 0 Å². The van der Waals surface area contributed by atoms with E-state index in [1.54, 1.807) is 0 Å². The minimum Gasteiger partial charge on any atom is -0.353 e. The second-order valence-corrected chi connectivity index (χ2v) is 12.3. The van der Waals surface area contributed by atoms with E-state index in [2.05, 4.69) is 37.9 Å². The molecule has 0 bridgehead atoms. The first kappa shape index (κ1) is 34.5. The zero-order valence-corrected chi connectivity index (χ0v) is 26.0. The molecule has 3 heteroatoms. The number of hydrogen-bond acceptors (Lipinski definition) is 2. The Balaban J connectivity index is 2.49. The van der Waals surface area contributed by atoms with Gasteiger partial charge >= 0.3 is 0 Å². The van der Waals surface area contributed by atoms with Crippen molar-refractivity contribution in [3.05, 3.63) is 0 Å². The lowest BCUT2D eigenvalue weighted by molar-refractivity contribution is -0.126. The van der Waals surface area contributed by atoms with Crippen LogP contribution < -0.4 is 5.32 Å². The van der Waals surface area contributed by atoms with E-state index in [1.807, 2.05) is 0 Å². The Labute approximate surface area is 233 Å². The van der Waals surface area contributed by atoms with Crippen LogP contribution in [0.4, 0.5) is 0 Å². The number of amides is 1. The van der Waals surface area contributed by atoms with E-state index in [0.29, 0.717) is 11.9 Å². The second kappa shape index (κ2) is 24.5. The first-order valence-corrected chi connectivity index (χ1v) is 17.2. The minimum atomic E-state index is 0.241. The highest BCUT2D eigenvalue weighted by Crippen LogP contribution is 2.24. The van der Waals surface area contributed by atoms with Gasteiger partial charge in [0.25, 0.3) is 0 Å². The van der Waals surface area contributed by atoms with E-state index in [9.17, 15) is 4.79 Å². The summed E-state index contributed by atoms with van der Waals surface area (Å²) in [5.74, 6) is 0.610. The van der Waals surface area contributed by atoms with Crippen LogP contribution in [0.5, 0.6) is 0 Å². The van der Waals surface area contributed by atoms with Crippen molar-refractivity contribution >= 4 is 5.91 Å². The Kier molecular flexibility index (Phi) is 22.8. The van der Waals surface area contributed by atoms with Gasteiger partial charge in [-0.15, -0.1) is 0 Å². The van der Waals surface area contributed by atoms with Crippen LogP contribution in [0.1, 0.15) is 182 Å². The smallest absolute Gasteiger partial charge is 0.223 e. The normalized spacial score (nSPS) is 15.9. The SMILES string of the molecule is CCCCCCCC(CCCCC)C(=O)NC1CCN(C(CCCCCCC)CCCCCCC)CC1. The second-order valence-electron chi connectivity index (χ2n) is 12.3. The predicted octanol–water partition coefficient (Wildman–Crippen LogP) is 10.2. The summed E-state index contributed by atoms with van der Waals surface area (Å²) in [7, 11) is 0. The Morgan fingerprint density at radius 3 is 1.43 bits per heavy atom. The third kappa shape index (κ3) is 17.6. The molecule has 0 aromatic carbocycles. The predicted molar refractivity (Wildman–Crippen MR) is 164 cm³/mol. The maximum atomic E-state index is 13.3. The summed E-state index contributed by atoms with van der Waals surface area (Å²) in [6, 6.07) is 1.16. The maximum Gasteiger partial charge on any atom is 0.223 e. The van der Waals surface area contributed by atoms with E-state index in [0.717, 1.165) is 31.7 Å². The molecule has 1 rings (SSSR count). The molecule has 0 saturated carbocycles. The third-order valence-electron chi connectivity index (χ3n) is 8.86. The zero-order chi connectivity index (χ0) is 27.0. The summed E-state index contributed by atoms with van der Waals surface area (Å²) in [6.07, 6.45) is 31.3. The quantitative estimate of drug-likeness (QED) is 0.121. The van der Waals surface area contributed by atoms with Gasteiger partial charge in [0.2, 0.25) is 5.91 Å². The average Bonchev–Trinajstić information content (AvgIpc) is 2.91.